The van der Waals surface area contributed by atoms with Crippen LogP contribution in [0.15, 0.2) is 233 Å². The third-order valence-corrected chi connectivity index (χ3v) is 17.9. The number of fused-ring (bicyclic) bond motifs is 10. The Kier molecular flexibility index (Phi) is 23.1. The fraction of sp³-hybridized carbons (Fsp3) is 0.274. The van der Waals surface area contributed by atoms with Crippen LogP contribution in [0.5, 0.6) is 0 Å². The maximum absolute atomic E-state index is 6.18. The van der Waals surface area contributed by atoms with Crippen molar-refractivity contribution in [3.05, 3.63) is 253 Å². The first-order valence-electron chi connectivity index (χ1n) is 32.0. The van der Waals surface area contributed by atoms with Gasteiger partial charge in [-0.3, -0.25) is 0 Å². The summed E-state index contributed by atoms with van der Waals surface area (Å²) in [5.74, 6) is 0. The van der Waals surface area contributed by atoms with Crippen LogP contribution in [-0.2, 0) is 0 Å². The summed E-state index contributed by atoms with van der Waals surface area (Å²) in [5.41, 5.74) is 21.4. The van der Waals surface area contributed by atoms with Gasteiger partial charge < -0.3 is 62.3 Å². The van der Waals surface area contributed by atoms with E-state index in [9.17, 15) is 0 Å². The van der Waals surface area contributed by atoms with Gasteiger partial charge in [0.15, 0.2) is 16.7 Å². The number of anilines is 7. The maximum Gasteiger partial charge on any atom is 0.227 e. The molecule has 14 nitrogen and oxygen atoms in total. The highest BCUT2D eigenvalue weighted by atomic mass is 16.3. The van der Waals surface area contributed by atoms with Crippen LogP contribution in [0, 0.1) is 41.5 Å². The highest BCUT2D eigenvalue weighted by molar-refractivity contribution is 6.11. The summed E-state index contributed by atoms with van der Waals surface area (Å²) in [5, 5.41) is 6.94. The number of aromatic nitrogens is 1. The van der Waals surface area contributed by atoms with Crippen molar-refractivity contribution in [3.63, 3.8) is 0 Å². The van der Waals surface area contributed by atoms with E-state index in [4.69, 9.17) is 13.3 Å². The molecule has 512 valence electrons. The fourth-order valence-electron chi connectivity index (χ4n) is 13.0. The topological polar surface area (TPSA) is 84.7 Å². The van der Waals surface area contributed by atoms with E-state index in [0.717, 1.165) is 83.4 Å². The zero-order chi connectivity index (χ0) is 64.6. The van der Waals surface area contributed by atoms with Gasteiger partial charge in [-0.1, -0.05) is 158 Å². The highest BCUT2D eigenvalue weighted by Crippen LogP contribution is 2.43. The number of pyridine rings is 1. The van der Waals surface area contributed by atoms with Crippen LogP contribution in [0.2, 0.25) is 0 Å². The lowest BCUT2D eigenvalue weighted by Crippen LogP contribution is -2.30. The molecule has 14 heteroatoms. The summed E-state index contributed by atoms with van der Waals surface area (Å²) >= 11 is 0. The minimum absolute atomic E-state index is 0. The molecule has 0 aliphatic carbocycles. The molecule has 0 radical (unpaired) electrons. The summed E-state index contributed by atoms with van der Waals surface area (Å²) in [4.78, 5) is 26.9. The van der Waals surface area contributed by atoms with Crippen LogP contribution in [0.25, 0.3) is 65.9 Å². The van der Waals surface area contributed by atoms with Crippen LogP contribution in [0.1, 0.15) is 84.5 Å². The normalized spacial score (nSPS) is 14.1. The van der Waals surface area contributed by atoms with Crippen molar-refractivity contribution < 1.29 is 13.3 Å². The molecule has 8 aromatic carbocycles. The third-order valence-electron chi connectivity index (χ3n) is 17.9. The van der Waals surface area contributed by atoms with E-state index in [2.05, 4.69) is 320 Å². The lowest BCUT2D eigenvalue weighted by atomic mass is 10.1. The van der Waals surface area contributed by atoms with E-state index in [0.29, 0.717) is 11.8 Å². The first-order chi connectivity index (χ1) is 45.1. The summed E-state index contributed by atoms with van der Waals surface area (Å²) in [6.07, 6.45) is 16.9. The average molecular weight is 1310 g/mol. The van der Waals surface area contributed by atoms with Crippen molar-refractivity contribution in [1.82, 2.24) is 24.6 Å². The maximum atomic E-state index is 6.18. The molecule has 0 amide bonds. The predicted octanol–water partition coefficient (Wildman–Crippen LogP) is 21.6. The Morgan fingerprint density at radius 1 is 0.327 bits per heavy atom. The Bertz CT molecular complexity index is 4840. The van der Waals surface area contributed by atoms with Gasteiger partial charge in [-0.05, 0) is 132 Å². The number of para-hydroxylation sites is 6. The number of benzene rings is 8. The van der Waals surface area contributed by atoms with Crippen LogP contribution < -0.4 is 29.4 Å². The smallest absolute Gasteiger partial charge is 0.227 e. The first kappa shape index (κ1) is 73.1. The molecular formula is C84H103N11O3. The Hall–Kier alpha value is -10.7. The van der Waals surface area contributed by atoms with Crippen molar-refractivity contribution in [2.75, 3.05) is 90.9 Å². The van der Waals surface area contributed by atoms with Crippen LogP contribution in [0.4, 0.5) is 39.8 Å². The van der Waals surface area contributed by atoms with Gasteiger partial charge in [0.25, 0.3) is 0 Å². The molecule has 5 aliphatic heterocycles. The molecule has 12 aromatic rings. The molecule has 0 saturated heterocycles. The van der Waals surface area contributed by atoms with Crippen LogP contribution >= 0.6 is 0 Å². The number of nitrogens with zero attached hydrogens (tertiary/aromatic N) is 11. The molecular weight excluding hydrogens is 1210 g/mol. The lowest BCUT2D eigenvalue weighted by molar-refractivity contribution is 0.336. The summed E-state index contributed by atoms with van der Waals surface area (Å²) < 4.78 is 18.4. The molecule has 98 heavy (non-hydrogen) atoms. The Morgan fingerprint density at radius 3 is 1.17 bits per heavy atom. The zero-order valence-electron chi connectivity index (χ0n) is 55.5. The number of rotatable bonds is 6. The van der Waals surface area contributed by atoms with Gasteiger partial charge in [-0.2, -0.15) is 0 Å². The third kappa shape index (κ3) is 14.5. The standard InChI is InChI=1S/C19H20N2O.C17H17N3O.C17H16N2O.C15H16N2.C11H14N2.5CH4/c1-13(2)20-10-11-21(12-20)18-14(3)8-9-16-15-6-4-5-7-17(15)22-19(16)18;1-11-4-6-13-14-7-5-12(2)18-17(14)21-16(13)15(11)20-9-8-19(3)10-20;1-12-7-8-14-13-5-3-4-6-15(13)20-17(14)16(12)19-10-9-18(2)11-19;1-12-7-3-4-8-13(12)17-11-16(2)14-9-5-6-10-15(14)17;1-10-5-3-4-6-11(10)13-8-7-12(2)9-13;;;;;/h4-11,13H,12H2,1-3H3;4-9H,10H2,1-3H3;3-10H,11H2,1-2H3;3-10H,11H2,1-2H3;3-8H,9H2,1-2H3;5*1H4. The summed E-state index contributed by atoms with van der Waals surface area (Å²) in [7, 11) is 8.35. The second-order valence-electron chi connectivity index (χ2n) is 25.3. The van der Waals surface area contributed by atoms with Crippen molar-refractivity contribution in [2.24, 2.45) is 0 Å². The average Bonchev–Trinajstić information content (AvgIpc) is 1.62. The van der Waals surface area contributed by atoms with Gasteiger partial charge in [-0.15, -0.1) is 0 Å². The van der Waals surface area contributed by atoms with Crippen molar-refractivity contribution >= 4 is 106 Å². The molecule has 0 fully saturated rings. The molecule has 0 atom stereocenters. The van der Waals surface area contributed by atoms with Gasteiger partial charge >= 0.3 is 0 Å². The number of hydrogen-bond donors (Lipinski definition) is 0. The largest absolute Gasteiger partial charge is 0.454 e. The van der Waals surface area contributed by atoms with Gasteiger partial charge in [0, 0.05) is 133 Å². The van der Waals surface area contributed by atoms with Crippen LogP contribution in [-0.4, -0.2) is 92.2 Å². The van der Waals surface area contributed by atoms with Gasteiger partial charge in [0.1, 0.15) is 11.2 Å². The quantitative estimate of drug-likeness (QED) is 0.158. The Morgan fingerprint density at radius 2 is 0.714 bits per heavy atom. The Labute approximate surface area is 583 Å². The van der Waals surface area contributed by atoms with E-state index in [1.807, 2.05) is 37.3 Å². The lowest BCUT2D eigenvalue weighted by Gasteiger charge is -2.25. The molecule has 0 N–H and O–H groups in total. The molecule has 17 rings (SSSR count). The zero-order valence-corrected chi connectivity index (χ0v) is 55.5. The number of aryl methyl sites for hydroxylation is 6. The molecule has 9 heterocycles. The molecule has 0 unspecified atom stereocenters. The van der Waals surface area contributed by atoms with E-state index < -0.39 is 0 Å². The van der Waals surface area contributed by atoms with Crippen molar-refractivity contribution in [2.45, 2.75) is 98.6 Å². The second kappa shape index (κ2) is 31.0. The summed E-state index contributed by atoms with van der Waals surface area (Å²) in [6, 6.07) is 59.6. The molecule has 4 aromatic heterocycles. The minimum Gasteiger partial charge on any atom is -0.454 e. The SMILES string of the molecule is C.C.C.C.C.Cc1ccc2c(n1)oc1c(N3C=CN(C)C3)c(C)ccc12.Cc1ccc2c(oc3ccccc32)c1N1C=CN(C(C)C)C1.Cc1ccc2c(oc3ccccc32)c1N1C=CN(C)C1.Cc1ccccc1N1C=CN(C)C1.Cc1ccccc1N1CN(C)c2ccccc21. The van der Waals surface area contributed by atoms with Gasteiger partial charge in [0.05, 0.1) is 61.8 Å². The molecule has 0 saturated carbocycles. The molecule has 0 bridgehead atoms. The van der Waals surface area contributed by atoms with Gasteiger partial charge in [0.2, 0.25) is 5.71 Å². The number of furan rings is 3. The van der Waals surface area contributed by atoms with E-state index in [1.165, 1.54) is 83.5 Å². The van der Waals surface area contributed by atoms with E-state index >= 15 is 0 Å². The highest BCUT2D eigenvalue weighted by Gasteiger charge is 2.27. The minimum atomic E-state index is 0. The Balaban J connectivity index is 0.000000156. The fourth-order valence-corrected chi connectivity index (χ4v) is 13.0. The van der Waals surface area contributed by atoms with Gasteiger partial charge in [-0.25, -0.2) is 4.98 Å². The molecule has 5 aliphatic rings. The number of hydrogen-bond acceptors (Lipinski definition) is 14. The van der Waals surface area contributed by atoms with E-state index in [-0.39, 0.29) is 37.1 Å². The predicted molar refractivity (Wildman–Crippen MR) is 422 cm³/mol. The molecule has 0 spiro atoms. The van der Waals surface area contributed by atoms with Crippen LogP contribution in [0.3, 0.4) is 0 Å². The van der Waals surface area contributed by atoms with Crippen molar-refractivity contribution in [1.29, 1.82) is 0 Å². The van der Waals surface area contributed by atoms with Crippen molar-refractivity contribution in [3.8, 4) is 0 Å². The summed E-state index contributed by atoms with van der Waals surface area (Å²) in [6.45, 7) is 21.5. The second-order valence-corrected chi connectivity index (χ2v) is 25.3. The monoisotopic (exact) mass is 1310 g/mol. The first-order valence-corrected chi connectivity index (χ1v) is 32.0. The van der Waals surface area contributed by atoms with E-state index in [1.54, 1.807) is 0 Å².